The van der Waals surface area contributed by atoms with Crippen LogP contribution in [0.25, 0.3) is 0 Å². The molecule has 0 aliphatic carbocycles. The molecule has 0 radical (unpaired) electrons. The molecule has 0 amide bonds. The summed E-state index contributed by atoms with van der Waals surface area (Å²) >= 11 is 0. The van der Waals surface area contributed by atoms with Gasteiger partial charge in [0.15, 0.2) is 0 Å². The van der Waals surface area contributed by atoms with Crippen LogP contribution in [-0.2, 0) is 4.74 Å². The van der Waals surface area contributed by atoms with Gasteiger partial charge in [0.05, 0.1) is 18.2 Å². The Hall–Kier alpha value is -1.61. The van der Waals surface area contributed by atoms with Crippen LogP contribution in [0, 0.1) is 11.3 Å². The quantitative estimate of drug-likeness (QED) is 0.730. The second kappa shape index (κ2) is 8.48. The molecule has 0 saturated heterocycles. The van der Waals surface area contributed by atoms with Crippen molar-refractivity contribution in [1.82, 2.24) is 5.32 Å². The van der Waals surface area contributed by atoms with Gasteiger partial charge in [-0.3, -0.25) is 0 Å². The van der Waals surface area contributed by atoms with Crippen LogP contribution in [0.4, 0.5) is 0 Å². The Morgan fingerprint density at radius 2 is 2.00 bits per heavy atom. The standard InChI is InChI=1S/C14H20N2O3/c1-11(9-18-2)16-8-13(17)10-19-14-5-3-12(7-15)4-6-14/h3-6,11,13,16-17H,8-10H2,1-2H3/t11-,13+/m1/s1. The van der Waals surface area contributed by atoms with E-state index in [0.717, 1.165) is 0 Å². The van der Waals surface area contributed by atoms with E-state index < -0.39 is 6.10 Å². The van der Waals surface area contributed by atoms with E-state index in [2.05, 4.69) is 5.32 Å². The minimum Gasteiger partial charge on any atom is -0.491 e. The fraction of sp³-hybridized carbons (Fsp3) is 0.500. The van der Waals surface area contributed by atoms with Crippen molar-refractivity contribution < 1.29 is 14.6 Å². The average Bonchev–Trinajstić information content (AvgIpc) is 2.44. The minimum atomic E-state index is -0.588. The van der Waals surface area contributed by atoms with Gasteiger partial charge in [0, 0.05) is 19.7 Å². The highest BCUT2D eigenvalue weighted by atomic mass is 16.5. The molecule has 0 spiro atoms. The maximum absolute atomic E-state index is 9.75. The molecule has 104 valence electrons. The number of hydrogen-bond donors (Lipinski definition) is 2. The zero-order chi connectivity index (χ0) is 14.1. The second-order valence-corrected chi connectivity index (χ2v) is 4.37. The summed E-state index contributed by atoms with van der Waals surface area (Å²) < 4.78 is 10.4. The van der Waals surface area contributed by atoms with E-state index in [1.54, 1.807) is 31.4 Å². The Morgan fingerprint density at radius 1 is 1.32 bits per heavy atom. The van der Waals surface area contributed by atoms with Crippen molar-refractivity contribution in [1.29, 1.82) is 5.26 Å². The Morgan fingerprint density at radius 3 is 2.58 bits per heavy atom. The van der Waals surface area contributed by atoms with Crippen molar-refractivity contribution in [2.75, 3.05) is 26.9 Å². The zero-order valence-corrected chi connectivity index (χ0v) is 11.3. The summed E-state index contributed by atoms with van der Waals surface area (Å²) in [5.74, 6) is 0.642. The van der Waals surface area contributed by atoms with Gasteiger partial charge in [-0.15, -0.1) is 0 Å². The number of aliphatic hydroxyl groups excluding tert-OH is 1. The number of nitrogens with one attached hydrogen (secondary N) is 1. The van der Waals surface area contributed by atoms with E-state index in [9.17, 15) is 5.11 Å². The highest BCUT2D eigenvalue weighted by molar-refractivity contribution is 5.34. The Balaban J connectivity index is 2.25. The van der Waals surface area contributed by atoms with Crippen LogP contribution >= 0.6 is 0 Å². The van der Waals surface area contributed by atoms with Crippen LogP contribution < -0.4 is 10.1 Å². The zero-order valence-electron chi connectivity index (χ0n) is 11.3. The van der Waals surface area contributed by atoms with Crippen LogP contribution in [0.3, 0.4) is 0 Å². The van der Waals surface area contributed by atoms with Crippen molar-refractivity contribution in [2.45, 2.75) is 19.1 Å². The fourth-order valence-electron chi connectivity index (χ4n) is 1.52. The summed E-state index contributed by atoms with van der Waals surface area (Å²) in [6.07, 6.45) is -0.588. The van der Waals surface area contributed by atoms with E-state index in [4.69, 9.17) is 14.7 Å². The lowest BCUT2D eigenvalue weighted by molar-refractivity contribution is 0.0973. The molecule has 0 unspecified atom stereocenters. The van der Waals surface area contributed by atoms with Crippen molar-refractivity contribution in [2.24, 2.45) is 0 Å². The molecule has 2 N–H and O–H groups in total. The third-order valence-electron chi connectivity index (χ3n) is 2.54. The normalized spacial score (nSPS) is 13.6. The minimum absolute atomic E-state index is 0.189. The number of methoxy groups -OCH3 is 1. The van der Waals surface area contributed by atoms with Gasteiger partial charge in [0.2, 0.25) is 0 Å². The lowest BCUT2D eigenvalue weighted by Gasteiger charge is -2.17. The highest BCUT2D eigenvalue weighted by Crippen LogP contribution is 2.11. The Labute approximate surface area is 113 Å². The highest BCUT2D eigenvalue weighted by Gasteiger charge is 2.07. The molecular formula is C14H20N2O3. The van der Waals surface area contributed by atoms with Gasteiger partial charge in [0.1, 0.15) is 18.5 Å². The summed E-state index contributed by atoms with van der Waals surface area (Å²) in [4.78, 5) is 0. The first-order chi connectivity index (χ1) is 9.15. The number of rotatable bonds is 8. The first-order valence-corrected chi connectivity index (χ1v) is 6.19. The lowest BCUT2D eigenvalue weighted by atomic mass is 10.2. The third-order valence-corrected chi connectivity index (χ3v) is 2.54. The molecule has 0 aliphatic heterocycles. The topological polar surface area (TPSA) is 74.5 Å². The smallest absolute Gasteiger partial charge is 0.119 e. The van der Waals surface area contributed by atoms with Crippen molar-refractivity contribution in [3.8, 4) is 11.8 Å². The van der Waals surface area contributed by atoms with E-state index in [1.807, 2.05) is 13.0 Å². The van der Waals surface area contributed by atoms with Crippen LogP contribution in [0.1, 0.15) is 12.5 Å². The number of benzene rings is 1. The van der Waals surface area contributed by atoms with Crippen LogP contribution in [0.2, 0.25) is 0 Å². The molecule has 0 heterocycles. The molecule has 0 aliphatic rings. The molecular weight excluding hydrogens is 244 g/mol. The maximum atomic E-state index is 9.75. The molecule has 1 aromatic carbocycles. The van der Waals surface area contributed by atoms with Crippen LogP contribution in [0.5, 0.6) is 5.75 Å². The van der Waals surface area contributed by atoms with Gasteiger partial charge >= 0.3 is 0 Å². The summed E-state index contributed by atoms with van der Waals surface area (Å²) in [7, 11) is 1.64. The predicted octanol–water partition coefficient (Wildman–Crippen LogP) is 0.922. The van der Waals surface area contributed by atoms with Crippen molar-refractivity contribution in [3.05, 3.63) is 29.8 Å². The predicted molar refractivity (Wildman–Crippen MR) is 72.0 cm³/mol. The maximum Gasteiger partial charge on any atom is 0.119 e. The molecule has 5 heteroatoms. The average molecular weight is 264 g/mol. The van der Waals surface area contributed by atoms with Gasteiger partial charge in [-0.2, -0.15) is 5.26 Å². The van der Waals surface area contributed by atoms with Gasteiger partial charge in [0.25, 0.3) is 0 Å². The van der Waals surface area contributed by atoms with Crippen molar-refractivity contribution in [3.63, 3.8) is 0 Å². The summed E-state index contributed by atoms with van der Waals surface area (Å²) in [6.45, 7) is 3.24. The molecule has 0 bridgehead atoms. The number of hydrogen-bond acceptors (Lipinski definition) is 5. The van der Waals surface area contributed by atoms with Gasteiger partial charge in [-0.25, -0.2) is 0 Å². The molecule has 2 atom stereocenters. The summed E-state index contributed by atoms with van der Waals surface area (Å²) in [6, 6.07) is 9.02. The third kappa shape index (κ3) is 6.20. The molecule has 1 rings (SSSR count). The van der Waals surface area contributed by atoms with Gasteiger partial charge in [-0.05, 0) is 31.2 Å². The number of nitrogens with zero attached hydrogens (tertiary/aromatic N) is 1. The van der Waals surface area contributed by atoms with Gasteiger partial charge < -0.3 is 19.9 Å². The van der Waals surface area contributed by atoms with Crippen molar-refractivity contribution >= 4 is 0 Å². The molecule has 0 fully saturated rings. The monoisotopic (exact) mass is 264 g/mol. The second-order valence-electron chi connectivity index (χ2n) is 4.37. The summed E-state index contributed by atoms with van der Waals surface area (Å²) in [5.41, 5.74) is 0.586. The lowest BCUT2D eigenvalue weighted by Crippen LogP contribution is -2.38. The van der Waals surface area contributed by atoms with Crippen LogP contribution in [0.15, 0.2) is 24.3 Å². The SMILES string of the molecule is COC[C@@H](C)NC[C@H](O)COc1ccc(C#N)cc1. The van der Waals surface area contributed by atoms with Gasteiger partial charge in [-0.1, -0.05) is 0 Å². The molecule has 1 aromatic rings. The van der Waals surface area contributed by atoms with Crippen LogP contribution in [-0.4, -0.2) is 44.1 Å². The fourth-order valence-corrected chi connectivity index (χ4v) is 1.52. The van der Waals surface area contributed by atoms with E-state index >= 15 is 0 Å². The molecule has 0 saturated carbocycles. The van der Waals surface area contributed by atoms with E-state index in [1.165, 1.54) is 0 Å². The molecule has 0 aromatic heterocycles. The van der Waals surface area contributed by atoms with E-state index in [0.29, 0.717) is 24.5 Å². The first-order valence-electron chi connectivity index (χ1n) is 6.19. The molecule has 5 nitrogen and oxygen atoms in total. The number of ether oxygens (including phenoxy) is 2. The Kier molecular flexibility index (Phi) is 6.90. The Bertz CT molecular complexity index is 400. The first kappa shape index (κ1) is 15.4. The largest absolute Gasteiger partial charge is 0.491 e. The molecule has 19 heavy (non-hydrogen) atoms. The number of nitriles is 1. The summed E-state index contributed by atoms with van der Waals surface area (Å²) in [5, 5.41) is 21.6. The van der Waals surface area contributed by atoms with E-state index in [-0.39, 0.29) is 12.6 Å². The number of aliphatic hydroxyl groups is 1.